The maximum atomic E-state index is 13.3. The molecule has 31 heavy (non-hydrogen) atoms. The summed E-state index contributed by atoms with van der Waals surface area (Å²) in [5.74, 6) is -2.56. The second-order valence-electron chi connectivity index (χ2n) is 7.35. The number of cyclic esters (lactones) is 1. The number of methoxy groups -OCH3 is 1. The van der Waals surface area contributed by atoms with Gasteiger partial charge >= 0.3 is 12.1 Å². The normalized spacial score (nSPS) is 17.7. The van der Waals surface area contributed by atoms with Crippen molar-refractivity contribution in [2.24, 2.45) is 5.92 Å². The molecule has 2 N–H and O–H groups in total. The number of hydrogen-bond acceptors (Lipinski definition) is 6. The molecule has 0 bridgehead atoms. The molecule has 0 radical (unpaired) electrons. The van der Waals surface area contributed by atoms with Crippen LogP contribution in [-0.2, 0) is 16.0 Å². The van der Waals surface area contributed by atoms with Crippen LogP contribution >= 0.6 is 0 Å². The molecule has 1 saturated heterocycles. The van der Waals surface area contributed by atoms with Crippen molar-refractivity contribution in [1.29, 1.82) is 0 Å². The van der Waals surface area contributed by atoms with Crippen LogP contribution in [0.3, 0.4) is 0 Å². The van der Waals surface area contributed by atoms with Gasteiger partial charge in [-0.2, -0.15) is 0 Å². The Labute approximate surface area is 180 Å². The highest BCUT2D eigenvalue weighted by atomic mass is 16.6. The Morgan fingerprint density at radius 1 is 1.23 bits per heavy atom. The average Bonchev–Trinajstić information content (AvgIpc) is 3.13. The van der Waals surface area contributed by atoms with Crippen molar-refractivity contribution in [2.75, 3.05) is 13.7 Å². The van der Waals surface area contributed by atoms with Crippen molar-refractivity contribution < 1.29 is 34.1 Å². The molecule has 3 rings (SSSR count). The second kappa shape index (κ2) is 9.61. The van der Waals surface area contributed by atoms with Crippen LogP contribution in [-0.4, -0.2) is 52.8 Å². The molecule has 0 unspecified atom stereocenters. The largest absolute Gasteiger partial charge is 0.496 e. The predicted molar refractivity (Wildman–Crippen MR) is 111 cm³/mol. The summed E-state index contributed by atoms with van der Waals surface area (Å²) < 4.78 is 10.2. The first-order valence-electron chi connectivity index (χ1n) is 10.00. The SMILES string of the molecule is CC[C@H](C(=O)N1C(=O)OC[C@@H]1Cc1ccccc1)[C@H](O)c1ccc(OC)c(C(=O)O)c1. The molecular formula is C23H25NO7. The number of carboxylic acid groups (broad SMARTS) is 1. The van der Waals surface area contributed by atoms with Gasteiger partial charge in [-0.15, -0.1) is 0 Å². The number of carboxylic acids is 1. The lowest BCUT2D eigenvalue weighted by molar-refractivity contribution is -0.137. The Bertz CT molecular complexity index is 960. The third-order valence-corrected chi connectivity index (χ3v) is 5.45. The van der Waals surface area contributed by atoms with E-state index in [-0.39, 0.29) is 29.9 Å². The highest BCUT2D eigenvalue weighted by Crippen LogP contribution is 2.32. The fraction of sp³-hybridized carbons (Fsp3) is 0.348. The van der Waals surface area contributed by atoms with Crippen molar-refractivity contribution in [3.8, 4) is 5.75 Å². The van der Waals surface area contributed by atoms with Gasteiger partial charge < -0.3 is 19.7 Å². The Hall–Kier alpha value is -3.39. The molecular weight excluding hydrogens is 402 g/mol. The van der Waals surface area contributed by atoms with Gasteiger partial charge in [-0.3, -0.25) is 4.79 Å². The van der Waals surface area contributed by atoms with Gasteiger partial charge in [0.25, 0.3) is 0 Å². The first kappa shape index (κ1) is 22.3. The number of imide groups is 1. The van der Waals surface area contributed by atoms with Crippen molar-refractivity contribution >= 4 is 18.0 Å². The van der Waals surface area contributed by atoms with E-state index in [1.54, 1.807) is 6.92 Å². The lowest BCUT2D eigenvalue weighted by Crippen LogP contribution is -2.45. The van der Waals surface area contributed by atoms with Crippen molar-refractivity contribution in [3.63, 3.8) is 0 Å². The molecule has 0 saturated carbocycles. The minimum absolute atomic E-state index is 0.0810. The number of ether oxygens (including phenoxy) is 2. The Kier molecular flexibility index (Phi) is 6.91. The van der Waals surface area contributed by atoms with Gasteiger partial charge in [0, 0.05) is 0 Å². The third-order valence-electron chi connectivity index (χ3n) is 5.45. The van der Waals surface area contributed by atoms with E-state index in [1.807, 2.05) is 30.3 Å². The van der Waals surface area contributed by atoms with E-state index in [9.17, 15) is 24.6 Å². The molecule has 0 spiro atoms. The minimum Gasteiger partial charge on any atom is -0.496 e. The van der Waals surface area contributed by atoms with Crippen LogP contribution in [0.2, 0.25) is 0 Å². The standard InChI is InChI=1S/C23H25NO7/c1-3-17(20(25)15-9-10-19(30-2)18(12-15)22(27)28)21(26)24-16(13-31-23(24)29)11-14-7-5-4-6-8-14/h4-10,12,16-17,20,25H,3,11,13H2,1-2H3,(H,27,28)/t16-,17-,20+/m0/s1. The van der Waals surface area contributed by atoms with Crippen LogP contribution in [0.4, 0.5) is 4.79 Å². The zero-order valence-corrected chi connectivity index (χ0v) is 17.4. The van der Waals surface area contributed by atoms with E-state index < -0.39 is 36.0 Å². The topological polar surface area (TPSA) is 113 Å². The van der Waals surface area contributed by atoms with E-state index in [2.05, 4.69) is 0 Å². The number of carbonyl (C=O) groups excluding carboxylic acids is 2. The Balaban J connectivity index is 1.85. The van der Waals surface area contributed by atoms with Gasteiger partial charge in [0.05, 0.1) is 25.2 Å². The number of carbonyl (C=O) groups is 3. The van der Waals surface area contributed by atoms with Crippen LogP contribution in [0.1, 0.15) is 40.9 Å². The molecule has 2 aromatic rings. The number of aromatic carboxylic acids is 1. The van der Waals surface area contributed by atoms with E-state index in [0.717, 1.165) is 10.5 Å². The van der Waals surface area contributed by atoms with E-state index in [1.165, 1.54) is 25.3 Å². The summed E-state index contributed by atoms with van der Waals surface area (Å²) in [7, 11) is 1.35. The van der Waals surface area contributed by atoms with Crippen LogP contribution in [0.5, 0.6) is 5.75 Å². The Morgan fingerprint density at radius 2 is 1.94 bits per heavy atom. The van der Waals surface area contributed by atoms with Gasteiger partial charge in [-0.05, 0) is 36.1 Å². The molecule has 1 fully saturated rings. The number of benzene rings is 2. The summed E-state index contributed by atoms with van der Waals surface area (Å²) in [6.07, 6.45) is -1.35. The van der Waals surface area contributed by atoms with Gasteiger partial charge in [0.15, 0.2) is 0 Å². The van der Waals surface area contributed by atoms with Crippen LogP contribution in [0.25, 0.3) is 0 Å². The molecule has 164 valence electrons. The molecule has 2 amide bonds. The molecule has 2 aromatic carbocycles. The van der Waals surface area contributed by atoms with Gasteiger partial charge in [0.1, 0.15) is 17.9 Å². The fourth-order valence-corrected chi connectivity index (χ4v) is 3.79. The lowest BCUT2D eigenvalue weighted by Gasteiger charge is -2.27. The molecule has 8 nitrogen and oxygen atoms in total. The zero-order chi connectivity index (χ0) is 22.5. The molecule has 0 aromatic heterocycles. The molecule has 8 heteroatoms. The average molecular weight is 427 g/mol. The molecule has 0 aliphatic carbocycles. The summed E-state index contributed by atoms with van der Waals surface area (Å²) in [5.41, 5.74) is 1.09. The zero-order valence-electron chi connectivity index (χ0n) is 17.4. The van der Waals surface area contributed by atoms with Crippen LogP contribution < -0.4 is 4.74 Å². The van der Waals surface area contributed by atoms with Gasteiger partial charge in [-0.1, -0.05) is 43.3 Å². The van der Waals surface area contributed by atoms with Crippen LogP contribution in [0.15, 0.2) is 48.5 Å². The number of aliphatic hydroxyl groups excluding tert-OH is 1. The Morgan fingerprint density at radius 3 is 2.55 bits per heavy atom. The molecule has 1 heterocycles. The smallest absolute Gasteiger partial charge is 0.416 e. The molecule has 3 atom stereocenters. The number of rotatable bonds is 8. The van der Waals surface area contributed by atoms with Gasteiger partial charge in [0.2, 0.25) is 5.91 Å². The summed E-state index contributed by atoms with van der Waals surface area (Å²) >= 11 is 0. The second-order valence-corrected chi connectivity index (χ2v) is 7.35. The van der Waals surface area contributed by atoms with Crippen LogP contribution in [0, 0.1) is 5.92 Å². The van der Waals surface area contributed by atoms with Crippen molar-refractivity contribution in [1.82, 2.24) is 4.90 Å². The number of nitrogens with zero attached hydrogens (tertiary/aromatic N) is 1. The van der Waals surface area contributed by atoms with E-state index in [4.69, 9.17) is 9.47 Å². The first-order chi connectivity index (χ1) is 14.9. The quantitative estimate of drug-likeness (QED) is 0.666. The summed E-state index contributed by atoms with van der Waals surface area (Å²) in [5, 5.41) is 20.3. The highest BCUT2D eigenvalue weighted by molar-refractivity contribution is 5.95. The highest BCUT2D eigenvalue weighted by Gasteiger charge is 2.42. The van der Waals surface area contributed by atoms with E-state index >= 15 is 0 Å². The summed E-state index contributed by atoms with van der Waals surface area (Å²) in [6, 6.07) is 13.2. The van der Waals surface area contributed by atoms with E-state index in [0.29, 0.717) is 6.42 Å². The third kappa shape index (κ3) is 4.69. The minimum atomic E-state index is -1.30. The predicted octanol–water partition coefficient (Wildman–Crippen LogP) is 3.04. The number of aliphatic hydroxyl groups is 1. The fourth-order valence-electron chi connectivity index (χ4n) is 3.79. The lowest BCUT2D eigenvalue weighted by atomic mass is 9.90. The summed E-state index contributed by atoms with van der Waals surface area (Å²) in [4.78, 5) is 38.2. The first-order valence-corrected chi connectivity index (χ1v) is 10.00. The number of hydrogen-bond donors (Lipinski definition) is 2. The molecule has 1 aliphatic rings. The van der Waals surface area contributed by atoms with Crippen molar-refractivity contribution in [3.05, 3.63) is 65.2 Å². The monoisotopic (exact) mass is 427 g/mol. The van der Waals surface area contributed by atoms with Gasteiger partial charge in [-0.25, -0.2) is 14.5 Å². The molecule has 1 aliphatic heterocycles. The maximum Gasteiger partial charge on any atom is 0.416 e. The summed E-state index contributed by atoms with van der Waals surface area (Å²) in [6.45, 7) is 1.80. The number of amides is 2. The van der Waals surface area contributed by atoms with Crippen molar-refractivity contribution in [2.45, 2.75) is 31.9 Å². The maximum absolute atomic E-state index is 13.3.